The van der Waals surface area contributed by atoms with Gasteiger partial charge in [-0.1, -0.05) is 37.1 Å². The number of alkyl carbamates (subject to hydrolysis) is 1. The molecular weight excluding hydrogens is 578 g/mol. The van der Waals surface area contributed by atoms with Crippen LogP contribution in [0.2, 0.25) is 0 Å². The smallest absolute Gasteiger partial charge is 0.408 e. The van der Waals surface area contributed by atoms with Gasteiger partial charge in [-0.05, 0) is 71.1 Å². The predicted molar refractivity (Wildman–Crippen MR) is 165 cm³/mol. The molecular formula is C33H41N5O7. The Labute approximate surface area is 262 Å². The van der Waals surface area contributed by atoms with Crippen molar-refractivity contribution in [2.45, 2.75) is 95.0 Å². The zero-order valence-corrected chi connectivity index (χ0v) is 25.9. The van der Waals surface area contributed by atoms with E-state index in [2.05, 4.69) is 20.9 Å². The number of benzene rings is 1. The van der Waals surface area contributed by atoms with E-state index < -0.39 is 53.1 Å². The molecule has 240 valence electrons. The van der Waals surface area contributed by atoms with Crippen LogP contribution in [-0.4, -0.2) is 80.6 Å². The maximum Gasteiger partial charge on any atom is 0.408 e. The second-order valence-corrected chi connectivity index (χ2v) is 13.2. The van der Waals surface area contributed by atoms with Gasteiger partial charge in [0.1, 0.15) is 23.2 Å². The SMILES string of the molecule is CC(C)(C)OC(=O)N[C@H]1CCCCCC=C[C@@H]2C[C@@]2(C(=O)O)NC(=O)[C@@H]2C[C@@H](NC(=O)c3ccc4cccnc4c3)CN2C1=O. The third-order valence-electron chi connectivity index (χ3n) is 8.55. The number of hydrogen-bond acceptors (Lipinski definition) is 7. The van der Waals surface area contributed by atoms with Crippen LogP contribution in [0.5, 0.6) is 0 Å². The van der Waals surface area contributed by atoms with E-state index in [4.69, 9.17) is 4.74 Å². The van der Waals surface area contributed by atoms with Crippen LogP contribution in [0.4, 0.5) is 4.79 Å². The second kappa shape index (κ2) is 12.9. The van der Waals surface area contributed by atoms with Crippen LogP contribution in [0.1, 0.15) is 76.1 Å². The quantitative estimate of drug-likeness (QED) is 0.378. The second-order valence-electron chi connectivity index (χ2n) is 13.2. The highest BCUT2D eigenvalue weighted by Gasteiger charge is 2.61. The fraction of sp³-hybridized carbons (Fsp3) is 0.515. The van der Waals surface area contributed by atoms with Crippen LogP contribution in [0, 0.1) is 5.92 Å². The number of ether oxygens (including phenoxy) is 1. The summed E-state index contributed by atoms with van der Waals surface area (Å²) in [7, 11) is 0. The molecule has 5 rings (SSSR count). The zero-order chi connectivity index (χ0) is 32.4. The van der Waals surface area contributed by atoms with Gasteiger partial charge in [-0.3, -0.25) is 19.4 Å². The molecule has 12 heteroatoms. The summed E-state index contributed by atoms with van der Waals surface area (Å²) >= 11 is 0. The molecule has 0 spiro atoms. The van der Waals surface area contributed by atoms with Crippen LogP contribution in [-0.2, 0) is 19.1 Å². The Hall–Kier alpha value is -4.48. The maximum absolute atomic E-state index is 14.1. The number of allylic oxidation sites excluding steroid dienone is 1. The minimum Gasteiger partial charge on any atom is -0.479 e. The van der Waals surface area contributed by atoms with Crippen molar-refractivity contribution in [2.75, 3.05) is 6.54 Å². The molecule has 0 bridgehead atoms. The molecule has 1 saturated carbocycles. The number of carbonyl (C=O) groups excluding carboxylic acids is 4. The van der Waals surface area contributed by atoms with Crippen LogP contribution < -0.4 is 16.0 Å². The number of aliphatic carboxylic acids is 1. The van der Waals surface area contributed by atoms with Gasteiger partial charge in [0.15, 0.2) is 0 Å². The predicted octanol–water partition coefficient (Wildman–Crippen LogP) is 3.31. The Morgan fingerprint density at radius 2 is 1.91 bits per heavy atom. The van der Waals surface area contributed by atoms with E-state index in [0.29, 0.717) is 23.9 Å². The zero-order valence-electron chi connectivity index (χ0n) is 25.9. The number of carboxylic acid groups (broad SMARTS) is 1. The summed E-state index contributed by atoms with van der Waals surface area (Å²) in [6.45, 7) is 5.18. The summed E-state index contributed by atoms with van der Waals surface area (Å²) in [6, 6.07) is 6.22. The number of rotatable bonds is 4. The van der Waals surface area contributed by atoms with E-state index >= 15 is 0 Å². The van der Waals surface area contributed by atoms with E-state index in [9.17, 15) is 29.1 Å². The number of nitrogens with one attached hydrogen (secondary N) is 3. The summed E-state index contributed by atoms with van der Waals surface area (Å²) in [6.07, 6.45) is 8.34. The standard InChI is InChI=1S/C33H41N5O7/c1-32(2,3)45-31(44)36-24-12-8-6-4-5-7-11-22-18-33(22,30(42)43)37-28(40)26-17-23(19-38(26)29(24)41)35-27(39)21-14-13-20-10-9-15-34-25(20)16-21/h7,9-11,13-16,22-24,26H,4-6,8,12,17-19H2,1-3H3,(H,35,39)(H,36,44)(H,37,40)(H,42,43)/t22-,23-,24+,26+,33-/m1/s1. The Kier molecular flexibility index (Phi) is 9.13. The monoisotopic (exact) mass is 619 g/mol. The van der Waals surface area contributed by atoms with Crippen molar-refractivity contribution < 1.29 is 33.8 Å². The largest absolute Gasteiger partial charge is 0.479 e. The molecule has 1 aromatic carbocycles. The van der Waals surface area contributed by atoms with E-state index in [0.717, 1.165) is 24.6 Å². The highest BCUT2D eigenvalue weighted by Crippen LogP contribution is 2.45. The first-order valence-electron chi connectivity index (χ1n) is 15.5. The third-order valence-corrected chi connectivity index (χ3v) is 8.55. The summed E-state index contributed by atoms with van der Waals surface area (Å²) in [4.78, 5) is 71.9. The summed E-state index contributed by atoms with van der Waals surface area (Å²) in [5, 5.41) is 19.3. The van der Waals surface area contributed by atoms with Gasteiger partial charge in [-0.15, -0.1) is 0 Å². The van der Waals surface area contributed by atoms with Crippen molar-refractivity contribution in [1.29, 1.82) is 0 Å². The van der Waals surface area contributed by atoms with Gasteiger partial charge >= 0.3 is 12.1 Å². The molecule has 1 aromatic heterocycles. The first kappa shape index (κ1) is 31.9. The van der Waals surface area contributed by atoms with Crippen molar-refractivity contribution in [3.05, 3.63) is 54.2 Å². The number of amides is 4. The van der Waals surface area contributed by atoms with E-state index in [1.807, 2.05) is 24.3 Å². The van der Waals surface area contributed by atoms with Crippen LogP contribution in [0.3, 0.4) is 0 Å². The number of carbonyl (C=O) groups is 5. The maximum atomic E-state index is 14.1. The molecule has 1 saturated heterocycles. The third kappa shape index (κ3) is 7.43. The van der Waals surface area contributed by atoms with E-state index in [1.54, 1.807) is 45.2 Å². The van der Waals surface area contributed by atoms with Gasteiger partial charge in [-0.2, -0.15) is 0 Å². The minimum absolute atomic E-state index is 0.00436. The molecule has 12 nitrogen and oxygen atoms in total. The molecule has 1 aliphatic carbocycles. The number of nitrogens with zero attached hydrogens (tertiary/aromatic N) is 2. The lowest BCUT2D eigenvalue weighted by Gasteiger charge is -2.30. The van der Waals surface area contributed by atoms with Crippen molar-refractivity contribution >= 4 is 40.7 Å². The lowest BCUT2D eigenvalue weighted by atomic mass is 10.0. The molecule has 0 unspecified atom stereocenters. The molecule has 0 radical (unpaired) electrons. The topological polar surface area (TPSA) is 167 Å². The lowest BCUT2D eigenvalue weighted by molar-refractivity contribution is -0.145. The number of carboxylic acids is 1. The summed E-state index contributed by atoms with van der Waals surface area (Å²) < 4.78 is 5.42. The van der Waals surface area contributed by atoms with Gasteiger partial charge < -0.3 is 30.7 Å². The molecule has 2 aromatic rings. The molecule has 5 atom stereocenters. The molecule has 3 heterocycles. The Morgan fingerprint density at radius 3 is 2.67 bits per heavy atom. The fourth-order valence-electron chi connectivity index (χ4n) is 6.13. The Morgan fingerprint density at radius 1 is 1.11 bits per heavy atom. The summed E-state index contributed by atoms with van der Waals surface area (Å²) in [5.74, 6) is -2.98. The molecule has 4 amide bonds. The van der Waals surface area contributed by atoms with Crippen LogP contribution in [0.15, 0.2) is 48.7 Å². The average Bonchev–Trinajstić information content (AvgIpc) is 3.51. The number of hydrogen-bond donors (Lipinski definition) is 4. The van der Waals surface area contributed by atoms with Crippen LogP contribution >= 0.6 is 0 Å². The summed E-state index contributed by atoms with van der Waals surface area (Å²) in [5.41, 5.74) is -1.20. The number of pyridine rings is 1. The van der Waals surface area contributed by atoms with Crippen molar-refractivity contribution in [3.63, 3.8) is 0 Å². The van der Waals surface area contributed by atoms with Crippen LogP contribution in [0.25, 0.3) is 10.9 Å². The normalized spacial score (nSPS) is 27.3. The minimum atomic E-state index is -1.45. The first-order chi connectivity index (χ1) is 21.4. The first-order valence-corrected chi connectivity index (χ1v) is 15.5. The molecule has 2 aliphatic heterocycles. The van der Waals surface area contributed by atoms with E-state index in [1.165, 1.54) is 4.90 Å². The number of aromatic nitrogens is 1. The molecule has 3 aliphatic rings. The van der Waals surface area contributed by atoms with E-state index in [-0.39, 0.29) is 31.2 Å². The van der Waals surface area contributed by atoms with Gasteiger partial charge in [0.2, 0.25) is 11.8 Å². The van der Waals surface area contributed by atoms with Gasteiger partial charge in [0.25, 0.3) is 5.91 Å². The number of fused-ring (bicyclic) bond motifs is 3. The fourth-order valence-corrected chi connectivity index (χ4v) is 6.13. The Balaban J connectivity index is 1.40. The average molecular weight is 620 g/mol. The van der Waals surface area contributed by atoms with Gasteiger partial charge in [-0.25, -0.2) is 9.59 Å². The Bertz CT molecular complexity index is 1520. The van der Waals surface area contributed by atoms with Gasteiger partial charge in [0, 0.05) is 35.7 Å². The van der Waals surface area contributed by atoms with Crippen molar-refractivity contribution in [1.82, 2.24) is 25.8 Å². The molecule has 2 fully saturated rings. The lowest BCUT2D eigenvalue weighted by Crippen LogP contribution is -2.56. The van der Waals surface area contributed by atoms with Gasteiger partial charge in [0.05, 0.1) is 5.52 Å². The van der Waals surface area contributed by atoms with Crippen molar-refractivity contribution in [2.24, 2.45) is 5.92 Å². The molecule has 4 N–H and O–H groups in total. The van der Waals surface area contributed by atoms with Crippen molar-refractivity contribution in [3.8, 4) is 0 Å². The highest BCUT2D eigenvalue weighted by molar-refractivity contribution is 5.99. The molecule has 45 heavy (non-hydrogen) atoms. The highest BCUT2D eigenvalue weighted by atomic mass is 16.6.